The van der Waals surface area contributed by atoms with Crippen LogP contribution in [0.15, 0.2) is 73.1 Å². The Bertz CT molecular complexity index is 1230. The summed E-state index contributed by atoms with van der Waals surface area (Å²) in [6, 6.07) is 20.1. The first-order valence-corrected chi connectivity index (χ1v) is 10.0. The van der Waals surface area contributed by atoms with Crippen molar-refractivity contribution >= 4 is 28.2 Å². The van der Waals surface area contributed by atoms with E-state index in [0.717, 1.165) is 46.1 Å². The predicted molar refractivity (Wildman–Crippen MR) is 118 cm³/mol. The zero-order valence-electron chi connectivity index (χ0n) is 16.6. The van der Waals surface area contributed by atoms with Crippen molar-refractivity contribution in [2.45, 2.75) is 18.8 Å². The average Bonchev–Trinajstić information content (AvgIpc) is 3.64. The van der Waals surface area contributed by atoms with Crippen molar-refractivity contribution < 1.29 is 9.53 Å². The van der Waals surface area contributed by atoms with Crippen LogP contribution in [0, 0.1) is 0 Å². The summed E-state index contributed by atoms with van der Waals surface area (Å²) in [6.45, 7) is 0. The molecule has 5 heteroatoms. The quantitative estimate of drug-likeness (QED) is 0.439. The molecule has 0 bridgehead atoms. The van der Waals surface area contributed by atoms with E-state index in [9.17, 15) is 4.79 Å². The third-order valence-electron chi connectivity index (χ3n) is 5.44. The van der Waals surface area contributed by atoms with Crippen LogP contribution in [0.1, 0.15) is 34.7 Å². The van der Waals surface area contributed by atoms with Gasteiger partial charge in [0.1, 0.15) is 11.4 Å². The Morgan fingerprint density at radius 1 is 1.03 bits per heavy atom. The topological polar surface area (TPSA) is 64.1 Å². The van der Waals surface area contributed by atoms with Crippen molar-refractivity contribution in [1.29, 1.82) is 0 Å². The second-order valence-corrected chi connectivity index (χ2v) is 7.52. The molecule has 1 N–H and O–H groups in total. The van der Waals surface area contributed by atoms with Crippen LogP contribution in [0.5, 0.6) is 0 Å². The van der Waals surface area contributed by atoms with Gasteiger partial charge in [-0.1, -0.05) is 36.4 Å². The Morgan fingerprint density at radius 3 is 2.63 bits per heavy atom. The Hall–Kier alpha value is -3.73. The number of rotatable bonds is 5. The highest BCUT2D eigenvalue weighted by molar-refractivity contribution is 5.98. The van der Waals surface area contributed by atoms with E-state index in [1.807, 2.05) is 60.9 Å². The van der Waals surface area contributed by atoms with Gasteiger partial charge in [-0.15, -0.1) is 0 Å². The monoisotopic (exact) mass is 395 g/mol. The van der Waals surface area contributed by atoms with Crippen LogP contribution in [0.2, 0.25) is 0 Å². The lowest BCUT2D eigenvalue weighted by atomic mass is 10.0. The van der Waals surface area contributed by atoms with E-state index in [2.05, 4.69) is 27.4 Å². The first-order chi connectivity index (χ1) is 14.7. The van der Waals surface area contributed by atoms with E-state index in [4.69, 9.17) is 4.74 Å². The lowest BCUT2D eigenvalue weighted by molar-refractivity contribution is 0.0601. The number of anilines is 2. The largest absolute Gasteiger partial charge is 0.465 e. The first-order valence-electron chi connectivity index (χ1n) is 10.0. The van der Waals surface area contributed by atoms with E-state index in [-0.39, 0.29) is 5.97 Å². The van der Waals surface area contributed by atoms with Gasteiger partial charge in [-0.2, -0.15) is 0 Å². The number of carbonyl (C=O) groups is 1. The molecule has 30 heavy (non-hydrogen) atoms. The number of benzene rings is 2. The molecule has 0 atom stereocenters. The molecule has 0 amide bonds. The number of hydrogen-bond acceptors (Lipinski definition) is 5. The van der Waals surface area contributed by atoms with Gasteiger partial charge < -0.3 is 10.1 Å². The summed E-state index contributed by atoms with van der Waals surface area (Å²) in [7, 11) is 1.39. The van der Waals surface area contributed by atoms with Crippen LogP contribution < -0.4 is 5.32 Å². The number of esters is 1. The summed E-state index contributed by atoms with van der Waals surface area (Å²) in [6.07, 6.45) is 5.97. The molecule has 148 valence electrons. The van der Waals surface area contributed by atoms with Crippen molar-refractivity contribution in [2.24, 2.45) is 0 Å². The SMILES string of the molecule is COC(=O)c1cc(C2CC2)cnc1Nc1ccc2c(-c3ccccc3)nccc2c1. The van der Waals surface area contributed by atoms with Crippen molar-refractivity contribution in [2.75, 3.05) is 12.4 Å². The maximum absolute atomic E-state index is 12.3. The first kappa shape index (κ1) is 18.3. The van der Waals surface area contributed by atoms with Gasteiger partial charge in [-0.25, -0.2) is 9.78 Å². The molecule has 1 fully saturated rings. The van der Waals surface area contributed by atoms with Gasteiger partial charge in [0.15, 0.2) is 0 Å². The Kier molecular flexibility index (Phi) is 4.64. The van der Waals surface area contributed by atoms with E-state index in [1.54, 1.807) is 0 Å². The van der Waals surface area contributed by atoms with Gasteiger partial charge in [0.2, 0.25) is 0 Å². The summed E-state index contributed by atoms with van der Waals surface area (Å²) in [5.41, 5.74) is 4.43. The third kappa shape index (κ3) is 3.50. The maximum atomic E-state index is 12.3. The van der Waals surface area contributed by atoms with E-state index < -0.39 is 0 Å². The number of carbonyl (C=O) groups excluding carboxylic acids is 1. The smallest absolute Gasteiger partial charge is 0.341 e. The normalized spacial score (nSPS) is 13.2. The molecule has 0 radical (unpaired) electrons. The van der Waals surface area contributed by atoms with Gasteiger partial charge >= 0.3 is 5.97 Å². The Morgan fingerprint density at radius 2 is 1.87 bits per heavy atom. The predicted octanol–water partition coefficient (Wildman–Crippen LogP) is 5.70. The lowest BCUT2D eigenvalue weighted by Crippen LogP contribution is -2.08. The molecule has 2 aromatic carbocycles. The standard InChI is InChI=1S/C25H21N3O2/c1-30-25(29)22-14-19(16-7-8-16)15-27-24(22)28-20-9-10-21-18(13-20)11-12-26-23(21)17-5-3-2-4-6-17/h2-6,9-16H,7-8H2,1H3,(H,27,28). The van der Waals surface area contributed by atoms with Gasteiger partial charge in [0.25, 0.3) is 0 Å². The molecule has 0 aliphatic heterocycles. The van der Waals surface area contributed by atoms with Gasteiger partial charge in [-0.05, 0) is 54.0 Å². The molecule has 5 nitrogen and oxygen atoms in total. The van der Waals surface area contributed by atoms with E-state index >= 15 is 0 Å². The van der Waals surface area contributed by atoms with Gasteiger partial charge in [-0.3, -0.25) is 4.98 Å². The zero-order valence-corrected chi connectivity index (χ0v) is 16.6. The summed E-state index contributed by atoms with van der Waals surface area (Å²) >= 11 is 0. The fourth-order valence-corrected chi connectivity index (χ4v) is 3.70. The van der Waals surface area contributed by atoms with Crippen LogP contribution >= 0.6 is 0 Å². The second kappa shape index (κ2) is 7.59. The van der Waals surface area contributed by atoms with Crippen molar-refractivity contribution in [3.63, 3.8) is 0 Å². The summed E-state index contributed by atoms with van der Waals surface area (Å²) in [4.78, 5) is 21.4. The molecule has 2 heterocycles. The summed E-state index contributed by atoms with van der Waals surface area (Å²) < 4.78 is 4.98. The minimum absolute atomic E-state index is 0.385. The summed E-state index contributed by atoms with van der Waals surface area (Å²) in [5, 5.41) is 5.42. The number of ether oxygens (including phenoxy) is 1. The molecule has 1 saturated carbocycles. The van der Waals surface area contributed by atoms with Crippen LogP contribution in [-0.2, 0) is 4.74 Å². The number of nitrogens with zero attached hydrogens (tertiary/aromatic N) is 2. The molecule has 1 aliphatic carbocycles. The van der Waals surface area contributed by atoms with Crippen molar-refractivity contribution in [1.82, 2.24) is 9.97 Å². The van der Waals surface area contributed by atoms with E-state index in [1.165, 1.54) is 7.11 Å². The van der Waals surface area contributed by atoms with Gasteiger partial charge in [0.05, 0.1) is 12.8 Å². The third-order valence-corrected chi connectivity index (χ3v) is 5.44. The maximum Gasteiger partial charge on any atom is 0.341 e. The highest BCUT2D eigenvalue weighted by Gasteiger charge is 2.26. The average molecular weight is 395 g/mol. The number of methoxy groups -OCH3 is 1. The van der Waals surface area contributed by atoms with Crippen LogP contribution in [0.4, 0.5) is 11.5 Å². The molecule has 0 unspecified atom stereocenters. The Labute approximate surface area is 174 Å². The van der Waals surface area contributed by atoms with E-state index in [0.29, 0.717) is 17.3 Å². The molecule has 0 spiro atoms. The summed E-state index contributed by atoms with van der Waals surface area (Å²) in [5.74, 6) is 0.631. The van der Waals surface area contributed by atoms with Crippen LogP contribution in [0.3, 0.4) is 0 Å². The number of aromatic nitrogens is 2. The van der Waals surface area contributed by atoms with Crippen molar-refractivity contribution in [3.05, 3.63) is 84.2 Å². The number of fused-ring (bicyclic) bond motifs is 1. The number of pyridine rings is 2. The Balaban J connectivity index is 1.51. The number of hydrogen-bond donors (Lipinski definition) is 1. The molecule has 0 saturated heterocycles. The zero-order chi connectivity index (χ0) is 20.5. The van der Waals surface area contributed by atoms with Crippen molar-refractivity contribution in [3.8, 4) is 11.3 Å². The number of nitrogens with one attached hydrogen (secondary N) is 1. The molecular weight excluding hydrogens is 374 g/mol. The minimum atomic E-state index is -0.385. The molecular formula is C25H21N3O2. The molecule has 4 aromatic rings. The molecule has 2 aromatic heterocycles. The van der Waals surface area contributed by atoms with Crippen LogP contribution in [-0.4, -0.2) is 23.0 Å². The fourth-order valence-electron chi connectivity index (χ4n) is 3.70. The fraction of sp³-hybridized carbons (Fsp3) is 0.160. The molecule has 1 aliphatic rings. The lowest BCUT2D eigenvalue weighted by Gasteiger charge is -2.13. The second-order valence-electron chi connectivity index (χ2n) is 7.52. The molecule has 5 rings (SSSR count). The highest BCUT2D eigenvalue weighted by Crippen LogP contribution is 2.40. The minimum Gasteiger partial charge on any atom is -0.465 e. The highest BCUT2D eigenvalue weighted by atomic mass is 16.5. The van der Waals surface area contributed by atoms with Gasteiger partial charge in [0, 0.05) is 29.0 Å². The van der Waals surface area contributed by atoms with Crippen LogP contribution in [0.25, 0.3) is 22.0 Å².